The molecule has 9 nitrogen and oxygen atoms in total. The average Bonchev–Trinajstić information content (AvgIpc) is 2.73. The van der Waals surface area contributed by atoms with Crippen molar-refractivity contribution in [2.75, 3.05) is 6.61 Å². The van der Waals surface area contributed by atoms with E-state index in [1.165, 1.54) is 24.3 Å². The zero-order valence-electron chi connectivity index (χ0n) is 15.7. The highest BCUT2D eigenvalue weighted by molar-refractivity contribution is 6.16. The molecule has 0 saturated carbocycles. The lowest BCUT2D eigenvalue weighted by Gasteiger charge is -2.45. The summed E-state index contributed by atoms with van der Waals surface area (Å²) in [5.41, 5.74) is 0.609. The molecule has 1 fully saturated rings. The van der Waals surface area contributed by atoms with Crippen molar-refractivity contribution in [3.8, 4) is 11.5 Å². The van der Waals surface area contributed by atoms with E-state index < -0.39 is 61.2 Å². The fourth-order valence-corrected chi connectivity index (χ4v) is 4.41. The summed E-state index contributed by atoms with van der Waals surface area (Å²) in [7, 11) is 0. The van der Waals surface area contributed by atoms with E-state index in [1.54, 1.807) is 6.07 Å². The largest absolute Gasteiger partial charge is 0.507 e. The minimum atomic E-state index is -1.64. The quantitative estimate of drug-likeness (QED) is 0.334. The highest BCUT2D eigenvalue weighted by Gasteiger charge is 2.50. The van der Waals surface area contributed by atoms with E-state index >= 15 is 0 Å². The lowest BCUT2D eigenvalue weighted by molar-refractivity contribution is -0.232. The van der Waals surface area contributed by atoms with Crippen LogP contribution in [0.15, 0.2) is 30.3 Å². The molecule has 0 radical (unpaired) electrons. The van der Waals surface area contributed by atoms with Gasteiger partial charge in [-0.25, -0.2) is 0 Å². The number of phenols is 2. The van der Waals surface area contributed by atoms with Crippen LogP contribution >= 0.6 is 0 Å². The van der Waals surface area contributed by atoms with Gasteiger partial charge in [-0.05, 0) is 28.8 Å². The van der Waals surface area contributed by atoms with Crippen LogP contribution in [0.1, 0.15) is 38.5 Å². The van der Waals surface area contributed by atoms with Gasteiger partial charge in [0, 0.05) is 5.92 Å². The Morgan fingerprint density at radius 2 is 1.57 bits per heavy atom. The second-order valence-corrected chi connectivity index (χ2v) is 7.58. The van der Waals surface area contributed by atoms with Crippen LogP contribution in [0.3, 0.4) is 0 Å². The number of ketones is 1. The molecule has 30 heavy (non-hydrogen) atoms. The van der Waals surface area contributed by atoms with Crippen molar-refractivity contribution in [2.45, 2.75) is 43.0 Å². The maximum Gasteiger partial charge on any atom is 0.201 e. The van der Waals surface area contributed by atoms with Gasteiger partial charge in [-0.3, -0.25) is 4.79 Å². The van der Waals surface area contributed by atoms with Gasteiger partial charge in [-0.2, -0.15) is 0 Å². The molecule has 2 aromatic rings. The topological polar surface area (TPSA) is 168 Å². The summed E-state index contributed by atoms with van der Waals surface area (Å²) in [5.74, 6) is -2.34. The number of aliphatic hydroxyl groups excluding tert-OH is 5. The predicted octanol–water partition coefficient (Wildman–Crippen LogP) is -0.891. The Balaban J connectivity index is 1.96. The molecular weight excluding hydrogens is 396 g/mol. The van der Waals surface area contributed by atoms with Crippen molar-refractivity contribution in [2.24, 2.45) is 0 Å². The van der Waals surface area contributed by atoms with E-state index in [2.05, 4.69) is 0 Å². The summed E-state index contributed by atoms with van der Waals surface area (Å²) in [6.45, 7) is -1.06. The molecule has 9 heteroatoms. The monoisotopic (exact) mass is 418 g/mol. The van der Waals surface area contributed by atoms with Crippen LogP contribution < -0.4 is 0 Å². The lowest BCUT2D eigenvalue weighted by atomic mass is 9.71. The summed E-state index contributed by atoms with van der Waals surface area (Å²) in [6, 6.07) is 7.06. The van der Waals surface area contributed by atoms with Crippen molar-refractivity contribution in [1.82, 2.24) is 0 Å². The lowest BCUT2D eigenvalue weighted by Crippen LogP contribution is -2.60. The number of hydrogen-bond donors (Lipinski definition) is 7. The minimum absolute atomic E-state index is 0.0843. The zero-order chi connectivity index (χ0) is 21.7. The van der Waals surface area contributed by atoms with E-state index in [0.29, 0.717) is 5.56 Å². The first-order valence-corrected chi connectivity index (χ1v) is 9.43. The average molecular weight is 418 g/mol. The molecule has 2 aromatic carbocycles. The zero-order valence-corrected chi connectivity index (χ0v) is 15.7. The molecule has 0 aromatic heterocycles. The normalized spacial score (nSPS) is 30.6. The minimum Gasteiger partial charge on any atom is -0.507 e. The summed E-state index contributed by atoms with van der Waals surface area (Å²) in [5, 5.41) is 71.0. The molecule has 1 saturated heterocycles. The van der Waals surface area contributed by atoms with Gasteiger partial charge in [-0.1, -0.05) is 18.2 Å². The fourth-order valence-electron chi connectivity index (χ4n) is 4.41. The predicted molar refractivity (Wildman–Crippen MR) is 101 cm³/mol. The fraction of sp³-hybridized carbons (Fsp3) is 0.381. The number of carbonyl (C=O) groups excluding carboxylic acids is 1. The summed E-state index contributed by atoms with van der Waals surface area (Å²) >= 11 is 0. The number of fused-ring (bicyclic) bond motifs is 2. The Bertz CT molecular complexity index is 987. The number of ether oxygens (including phenoxy) is 1. The van der Waals surface area contributed by atoms with Crippen LogP contribution in [0, 0.1) is 0 Å². The summed E-state index contributed by atoms with van der Waals surface area (Å²) < 4.78 is 5.73. The van der Waals surface area contributed by atoms with E-state index in [9.17, 15) is 40.5 Å². The molecule has 4 rings (SSSR count). The smallest absolute Gasteiger partial charge is 0.201 e. The molecule has 2 aliphatic rings. The van der Waals surface area contributed by atoms with Gasteiger partial charge in [0.1, 0.15) is 35.9 Å². The summed E-state index contributed by atoms with van der Waals surface area (Å²) in [4.78, 5) is 13.1. The summed E-state index contributed by atoms with van der Waals surface area (Å²) in [6.07, 6.45) is -7.22. The van der Waals surface area contributed by atoms with Crippen molar-refractivity contribution in [1.29, 1.82) is 0 Å². The number of hydrogen-bond acceptors (Lipinski definition) is 9. The van der Waals surface area contributed by atoms with Gasteiger partial charge in [0.2, 0.25) is 5.78 Å². The third-order valence-corrected chi connectivity index (χ3v) is 5.85. The van der Waals surface area contributed by atoms with Gasteiger partial charge >= 0.3 is 0 Å². The van der Waals surface area contributed by atoms with Crippen LogP contribution in [0.4, 0.5) is 0 Å². The Labute approximate surface area is 171 Å². The third-order valence-electron chi connectivity index (χ3n) is 5.85. The molecule has 6 atom stereocenters. The molecule has 160 valence electrons. The molecule has 1 heterocycles. The Hall–Kier alpha value is -2.53. The number of carbonyl (C=O) groups is 1. The van der Waals surface area contributed by atoms with E-state index in [-0.39, 0.29) is 28.0 Å². The molecule has 0 unspecified atom stereocenters. The highest BCUT2D eigenvalue weighted by Crippen LogP contribution is 2.47. The van der Waals surface area contributed by atoms with Gasteiger partial charge in [0.15, 0.2) is 0 Å². The van der Waals surface area contributed by atoms with Gasteiger partial charge in [0.05, 0.1) is 30.4 Å². The van der Waals surface area contributed by atoms with Gasteiger partial charge in [0.25, 0.3) is 0 Å². The van der Waals surface area contributed by atoms with E-state index in [0.717, 1.165) is 0 Å². The van der Waals surface area contributed by atoms with Crippen LogP contribution in [0.2, 0.25) is 0 Å². The second-order valence-electron chi connectivity index (χ2n) is 7.58. The maximum atomic E-state index is 13.1. The number of phenolic OH excluding ortho intramolecular Hbond substituents is 2. The first kappa shape index (κ1) is 20.7. The van der Waals surface area contributed by atoms with Gasteiger partial charge in [-0.15, -0.1) is 0 Å². The standard InChI is InChI=1S/C21H22O9/c22-6-8-4-10-14(21-20(29)19(28)17(26)13(7-23)30-21)9-2-1-3-11(24)15(9)18(27)16(10)12(25)5-8/h1-5,13-14,17,19-26,28-29H,6-7H2/t13-,14+,17+,19-,20-,21-/m0/s1. The van der Waals surface area contributed by atoms with Crippen LogP contribution in [0.25, 0.3) is 0 Å². The first-order valence-electron chi connectivity index (χ1n) is 9.43. The Kier molecular flexibility index (Phi) is 5.27. The van der Waals surface area contributed by atoms with Crippen LogP contribution in [-0.4, -0.2) is 78.7 Å². The SMILES string of the molecule is O=C1c2c(O)cccc2[C@@H]([C@@H]2O[C@@H](CO)[C@@H](O)[C@H](O)[C@@H]2O)c2cc(CO)cc(O)c21. The van der Waals surface area contributed by atoms with Crippen molar-refractivity contribution < 1.29 is 45.3 Å². The molecule has 1 aliphatic carbocycles. The molecule has 0 amide bonds. The molecule has 0 spiro atoms. The first-order chi connectivity index (χ1) is 14.3. The van der Waals surface area contributed by atoms with Crippen molar-refractivity contribution >= 4 is 5.78 Å². The Morgan fingerprint density at radius 3 is 2.23 bits per heavy atom. The number of aromatic hydroxyl groups is 2. The molecule has 7 N–H and O–H groups in total. The van der Waals surface area contributed by atoms with Gasteiger partial charge < -0.3 is 40.5 Å². The molecular formula is C21H22O9. The third kappa shape index (κ3) is 2.99. The highest BCUT2D eigenvalue weighted by atomic mass is 16.5. The number of rotatable bonds is 3. The number of benzene rings is 2. The second kappa shape index (κ2) is 7.62. The molecule has 0 bridgehead atoms. The van der Waals surface area contributed by atoms with Crippen LogP contribution in [-0.2, 0) is 11.3 Å². The van der Waals surface area contributed by atoms with E-state index in [1.807, 2.05) is 0 Å². The maximum absolute atomic E-state index is 13.1. The Morgan fingerprint density at radius 1 is 0.867 bits per heavy atom. The molecule has 1 aliphatic heterocycles. The van der Waals surface area contributed by atoms with Crippen molar-refractivity contribution in [3.63, 3.8) is 0 Å². The van der Waals surface area contributed by atoms with Crippen molar-refractivity contribution in [3.05, 3.63) is 58.1 Å². The number of aliphatic hydroxyl groups is 5. The van der Waals surface area contributed by atoms with Crippen LogP contribution in [0.5, 0.6) is 11.5 Å². The van der Waals surface area contributed by atoms with E-state index in [4.69, 9.17) is 4.74 Å².